The Hall–Kier alpha value is -2.47. The predicted octanol–water partition coefficient (Wildman–Crippen LogP) is 4.23. The Kier molecular flexibility index (Phi) is 5.98. The van der Waals surface area contributed by atoms with Gasteiger partial charge >= 0.3 is 12.1 Å². The largest absolute Gasteiger partial charge is 0.480 e. The van der Waals surface area contributed by atoms with Crippen molar-refractivity contribution in [2.75, 3.05) is 13.7 Å². The number of rotatable bonds is 6. The molecule has 5 nitrogen and oxygen atoms in total. The Morgan fingerprint density at radius 1 is 1.07 bits per heavy atom. The van der Waals surface area contributed by atoms with E-state index in [4.69, 9.17) is 4.74 Å². The molecule has 4 rings (SSSR count). The van der Waals surface area contributed by atoms with Gasteiger partial charge in [-0.25, -0.2) is 9.59 Å². The van der Waals surface area contributed by atoms with Gasteiger partial charge in [-0.05, 0) is 34.6 Å². The standard InChI is InChI=1S/C22H23NO4.H2S/c1-23(20(21(24)25)12-14-10-11-14)22(26)27-13-19-17-8-4-2-6-15(17)16-7-3-5-9-18(16)19;/h2-9,14,19-20H,10-13H2,1H3,(H,24,25);1H2/t20-;/m0./s1. The van der Waals surface area contributed by atoms with Gasteiger partial charge in [0.15, 0.2) is 0 Å². The quantitative estimate of drug-likeness (QED) is 0.789. The monoisotopic (exact) mass is 399 g/mol. The van der Waals surface area contributed by atoms with Gasteiger partial charge in [-0.3, -0.25) is 4.90 Å². The molecule has 0 heterocycles. The van der Waals surface area contributed by atoms with E-state index >= 15 is 0 Å². The van der Waals surface area contributed by atoms with Crippen molar-refractivity contribution in [1.29, 1.82) is 0 Å². The molecule has 0 radical (unpaired) electrons. The molecule has 1 atom stereocenters. The third-order valence-electron chi connectivity index (χ3n) is 5.63. The van der Waals surface area contributed by atoms with E-state index in [9.17, 15) is 14.7 Å². The van der Waals surface area contributed by atoms with Crippen LogP contribution in [0.25, 0.3) is 11.1 Å². The fraction of sp³-hybridized carbons (Fsp3) is 0.364. The van der Waals surface area contributed by atoms with Gasteiger partial charge in [0.2, 0.25) is 0 Å². The lowest BCUT2D eigenvalue weighted by Crippen LogP contribution is -2.43. The number of nitrogens with zero attached hydrogens (tertiary/aromatic N) is 1. The molecular weight excluding hydrogens is 374 g/mol. The molecule has 1 saturated carbocycles. The predicted molar refractivity (Wildman–Crippen MR) is 112 cm³/mol. The Bertz CT molecular complexity index is 835. The fourth-order valence-electron chi connectivity index (χ4n) is 3.92. The third-order valence-corrected chi connectivity index (χ3v) is 5.63. The maximum atomic E-state index is 12.5. The van der Waals surface area contributed by atoms with Crippen molar-refractivity contribution in [1.82, 2.24) is 4.90 Å². The molecule has 6 heteroatoms. The molecule has 1 fully saturated rings. The molecule has 28 heavy (non-hydrogen) atoms. The molecule has 2 aliphatic rings. The first-order valence-electron chi connectivity index (χ1n) is 9.37. The molecule has 2 aromatic carbocycles. The summed E-state index contributed by atoms with van der Waals surface area (Å²) in [4.78, 5) is 25.3. The van der Waals surface area contributed by atoms with Crippen LogP contribution in [-0.4, -0.2) is 41.8 Å². The summed E-state index contributed by atoms with van der Waals surface area (Å²) in [7, 11) is 1.51. The van der Waals surface area contributed by atoms with E-state index in [2.05, 4.69) is 24.3 Å². The zero-order valence-electron chi connectivity index (χ0n) is 15.8. The topological polar surface area (TPSA) is 66.8 Å². The lowest BCUT2D eigenvalue weighted by Gasteiger charge is -2.25. The van der Waals surface area contributed by atoms with Crippen LogP contribution in [0.4, 0.5) is 4.79 Å². The summed E-state index contributed by atoms with van der Waals surface area (Å²) < 4.78 is 5.56. The van der Waals surface area contributed by atoms with Gasteiger partial charge in [-0.2, -0.15) is 13.5 Å². The highest BCUT2D eigenvalue weighted by Gasteiger charge is 2.35. The molecular formula is C22H25NO4S. The molecule has 148 valence electrons. The highest BCUT2D eigenvalue weighted by molar-refractivity contribution is 7.59. The van der Waals surface area contributed by atoms with E-state index in [-0.39, 0.29) is 26.0 Å². The van der Waals surface area contributed by atoms with Crippen LogP contribution in [0, 0.1) is 5.92 Å². The number of aliphatic carboxylic acids is 1. The number of hydrogen-bond donors (Lipinski definition) is 1. The number of hydrogen-bond acceptors (Lipinski definition) is 3. The normalized spacial score (nSPS) is 15.8. The van der Waals surface area contributed by atoms with Crippen LogP contribution in [-0.2, 0) is 9.53 Å². The van der Waals surface area contributed by atoms with Gasteiger partial charge in [0.05, 0.1) is 0 Å². The first-order chi connectivity index (χ1) is 13.1. The molecule has 0 aromatic heterocycles. The minimum atomic E-state index is -0.974. The number of carboxylic acids is 1. The number of carbonyl (C=O) groups is 2. The summed E-state index contributed by atoms with van der Waals surface area (Å²) in [6, 6.07) is 15.4. The van der Waals surface area contributed by atoms with Crippen molar-refractivity contribution in [2.45, 2.75) is 31.2 Å². The Morgan fingerprint density at radius 2 is 1.61 bits per heavy atom. The highest BCUT2D eigenvalue weighted by atomic mass is 32.1. The number of likely N-dealkylation sites (N-methyl/N-ethyl adjacent to an activating group) is 1. The minimum absolute atomic E-state index is 0. The van der Waals surface area contributed by atoms with Crippen LogP contribution in [0.1, 0.15) is 36.3 Å². The Balaban J connectivity index is 0.00000225. The fourth-order valence-corrected chi connectivity index (χ4v) is 3.92. The van der Waals surface area contributed by atoms with Crippen molar-refractivity contribution in [3.63, 3.8) is 0 Å². The van der Waals surface area contributed by atoms with Crippen LogP contribution in [0.2, 0.25) is 0 Å². The Labute approximate surface area is 171 Å². The summed E-state index contributed by atoms with van der Waals surface area (Å²) in [6.07, 6.45) is 2.01. The molecule has 0 bridgehead atoms. The van der Waals surface area contributed by atoms with E-state index in [1.807, 2.05) is 24.3 Å². The summed E-state index contributed by atoms with van der Waals surface area (Å²) in [5.41, 5.74) is 4.61. The average Bonchev–Trinajstić information content (AvgIpc) is 3.45. The van der Waals surface area contributed by atoms with Crippen LogP contribution in [0.15, 0.2) is 48.5 Å². The summed E-state index contributed by atoms with van der Waals surface area (Å²) in [5, 5.41) is 9.46. The van der Waals surface area contributed by atoms with Crippen molar-refractivity contribution in [3.8, 4) is 11.1 Å². The zero-order chi connectivity index (χ0) is 19.0. The van der Waals surface area contributed by atoms with E-state index in [1.165, 1.54) is 23.1 Å². The zero-order valence-corrected chi connectivity index (χ0v) is 16.8. The molecule has 1 N–H and O–H groups in total. The van der Waals surface area contributed by atoms with Crippen molar-refractivity contribution in [2.24, 2.45) is 5.92 Å². The summed E-state index contributed by atoms with van der Waals surface area (Å²) in [5.74, 6) is -0.589. The lowest BCUT2D eigenvalue weighted by atomic mass is 9.98. The summed E-state index contributed by atoms with van der Waals surface area (Å²) in [6.45, 7) is 0.201. The van der Waals surface area contributed by atoms with E-state index in [0.717, 1.165) is 24.0 Å². The number of carboxylic acid groups (broad SMARTS) is 1. The van der Waals surface area contributed by atoms with Crippen LogP contribution in [0.3, 0.4) is 0 Å². The van der Waals surface area contributed by atoms with Crippen molar-refractivity contribution in [3.05, 3.63) is 59.7 Å². The second-order valence-corrected chi connectivity index (χ2v) is 7.45. The van der Waals surface area contributed by atoms with Crippen molar-refractivity contribution >= 4 is 25.6 Å². The molecule has 2 aliphatic carbocycles. The summed E-state index contributed by atoms with van der Waals surface area (Å²) >= 11 is 0. The maximum Gasteiger partial charge on any atom is 0.410 e. The highest BCUT2D eigenvalue weighted by Crippen LogP contribution is 2.44. The van der Waals surface area contributed by atoms with Gasteiger partial charge in [0.25, 0.3) is 0 Å². The number of fused-ring (bicyclic) bond motifs is 3. The first kappa shape index (κ1) is 20.3. The van der Waals surface area contributed by atoms with Gasteiger partial charge in [-0.15, -0.1) is 0 Å². The van der Waals surface area contributed by atoms with Crippen LogP contribution < -0.4 is 0 Å². The number of carbonyl (C=O) groups excluding carboxylic acids is 1. The SMILES string of the molecule is CN(C(=O)OCC1c2ccccc2-c2ccccc21)[C@@H](CC1CC1)C(=O)O.S. The molecule has 2 aromatic rings. The van der Waals surface area contributed by atoms with Gasteiger partial charge in [0.1, 0.15) is 12.6 Å². The molecule has 1 amide bonds. The van der Waals surface area contributed by atoms with E-state index in [1.54, 1.807) is 0 Å². The molecule has 0 unspecified atom stereocenters. The Morgan fingerprint density at radius 3 is 2.11 bits per heavy atom. The maximum absolute atomic E-state index is 12.5. The molecule has 0 aliphatic heterocycles. The smallest absolute Gasteiger partial charge is 0.410 e. The second-order valence-electron chi connectivity index (χ2n) is 7.45. The average molecular weight is 400 g/mol. The number of amides is 1. The lowest BCUT2D eigenvalue weighted by molar-refractivity contribution is -0.142. The van der Waals surface area contributed by atoms with Gasteiger partial charge < -0.3 is 9.84 Å². The van der Waals surface area contributed by atoms with E-state index < -0.39 is 18.1 Å². The van der Waals surface area contributed by atoms with Crippen LogP contribution in [0.5, 0.6) is 0 Å². The van der Waals surface area contributed by atoms with Crippen LogP contribution >= 0.6 is 13.5 Å². The van der Waals surface area contributed by atoms with Gasteiger partial charge in [0, 0.05) is 13.0 Å². The third kappa shape index (κ3) is 3.87. The molecule has 0 saturated heterocycles. The van der Waals surface area contributed by atoms with Crippen molar-refractivity contribution < 1.29 is 19.4 Å². The first-order valence-corrected chi connectivity index (χ1v) is 9.37. The van der Waals surface area contributed by atoms with E-state index in [0.29, 0.717) is 12.3 Å². The molecule has 0 spiro atoms. The second kappa shape index (κ2) is 8.27. The van der Waals surface area contributed by atoms with Gasteiger partial charge in [-0.1, -0.05) is 61.4 Å². The number of benzene rings is 2. The number of ether oxygens (including phenoxy) is 1. The minimum Gasteiger partial charge on any atom is -0.480 e.